The Labute approximate surface area is 209 Å². The van der Waals surface area contributed by atoms with Crippen LogP contribution in [0.1, 0.15) is 121 Å². The fourth-order valence-electron chi connectivity index (χ4n) is 4.56. The summed E-state index contributed by atoms with van der Waals surface area (Å²) in [6.07, 6.45) is 27.4. The summed E-state index contributed by atoms with van der Waals surface area (Å²) < 4.78 is 4.79. The van der Waals surface area contributed by atoms with Gasteiger partial charge in [0.05, 0.1) is 6.54 Å². The van der Waals surface area contributed by atoms with Crippen molar-refractivity contribution in [3.63, 3.8) is 0 Å². The molecule has 0 aliphatic rings. The molecule has 2 rings (SSSR count). The van der Waals surface area contributed by atoms with Gasteiger partial charge in [0.25, 0.3) is 5.82 Å². The zero-order valence-corrected chi connectivity index (χ0v) is 22.6. The standard InChI is InChI=1S/C29H49N2.BrH/c1-3-4-5-6-7-8-9-10-11-12-13-14-15-16-17-21-24-30-25-26-31(28(30)2)27-29-22-19-18-20-23-29;/h18-20,22-23,25-26H,3-17,21,24,27H2,1-2H3;1H/q+1;/p-1. The summed E-state index contributed by atoms with van der Waals surface area (Å²) in [6, 6.07) is 10.7. The lowest BCUT2D eigenvalue weighted by Crippen LogP contribution is -3.00. The molecule has 0 amide bonds. The Hall–Kier alpha value is -1.09. The van der Waals surface area contributed by atoms with Crippen molar-refractivity contribution in [2.45, 2.75) is 130 Å². The summed E-state index contributed by atoms with van der Waals surface area (Å²) in [6.45, 7) is 6.67. The van der Waals surface area contributed by atoms with Crippen molar-refractivity contribution in [1.29, 1.82) is 0 Å². The van der Waals surface area contributed by atoms with Gasteiger partial charge in [0.2, 0.25) is 0 Å². The number of hydrogen-bond acceptors (Lipinski definition) is 0. The Kier molecular flexibility index (Phi) is 17.5. The van der Waals surface area contributed by atoms with Crippen LogP contribution in [0, 0.1) is 6.92 Å². The van der Waals surface area contributed by atoms with Crippen molar-refractivity contribution in [3.05, 3.63) is 54.1 Å². The monoisotopic (exact) mass is 504 g/mol. The lowest BCUT2D eigenvalue weighted by Gasteiger charge is -2.04. The van der Waals surface area contributed by atoms with Gasteiger partial charge in [-0.05, 0) is 18.4 Å². The fourth-order valence-corrected chi connectivity index (χ4v) is 4.56. The minimum Gasteiger partial charge on any atom is -1.00 e. The molecule has 0 aliphatic heterocycles. The van der Waals surface area contributed by atoms with Crippen LogP contribution >= 0.6 is 0 Å². The van der Waals surface area contributed by atoms with Gasteiger partial charge in [0.1, 0.15) is 18.9 Å². The predicted molar refractivity (Wildman–Crippen MR) is 134 cm³/mol. The van der Waals surface area contributed by atoms with Crippen molar-refractivity contribution in [3.8, 4) is 0 Å². The third-order valence-corrected chi connectivity index (χ3v) is 6.71. The Morgan fingerprint density at radius 2 is 1.12 bits per heavy atom. The molecule has 32 heavy (non-hydrogen) atoms. The molecule has 1 aromatic heterocycles. The van der Waals surface area contributed by atoms with E-state index in [-0.39, 0.29) is 17.0 Å². The van der Waals surface area contributed by atoms with Crippen LogP contribution in [0.25, 0.3) is 0 Å². The number of benzene rings is 1. The molecular weight excluding hydrogens is 456 g/mol. The molecular formula is C29H49BrN2. The third kappa shape index (κ3) is 12.8. The Balaban J connectivity index is 0.00000512. The molecule has 1 aromatic carbocycles. The van der Waals surface area contributed by atoms with Gasteiger partial charge in [0, 0.05) is 6.92 Å². The molecule has 0 N–H and O–H groups in total. The summed E-state index contributed by atoms with van der Waals surface area (Å²) in [5.41, 5.74) is 1.37. The topological polar surface area (TPSA) is 8.81 Å². The summed E-state index contributed by atoms with van der Waals surface area (Å²) in [7, 11) is 0. The molecule has 0 saturated carbocycles. The lowest BCUT2D eigenvalue weighted by atomic mass is 10.0. The zero-order chi connectivity index (χ0) is 22.0. The van der Waals surface area contributed by atoms with E-state index in [9.17, 15) is 0 Å². The van der Waals surface area contributed by atoms with Gasteiger partial charge in [-0.25, -0.2) is 9.13 Å². The average molecular weight is 506 g/mol. The third-order valence-electron chi connectivity index (χ3n) is 6.71. The van der Waals surface area contributed by atoms with E-state index < -0.39 is 0 Å². The van der Waals surface area contributed by atoms with Gasteiger partial charge in [-0.1, -0.05) is 127 Å². The molecule has 0 fully saturated rings. The van der Waals surface area contributed by atoms with Crippen LogP contribution in [0.3, 0.4) is 0 Å². The van der Waals surface area contributed by atoms with Crippen LogP contribution in [0.4, 0.5) is 0 Å². The molecule has 2 nitrogen and oxygen atoms in total. The number of unbranched alkanes of at least 4 members (excludes halogenated alkanes) is 15. The van der Waals surface area contributed by atoms with Crippen LogP contribution in [0.2, 0.25) is 0 Å². The highest BCUT2D eigenvalue weighted by Gasteiger charge is 2.11. The molecule has 2 aromatic rings. The van der Waals surface area contributed by atoms with Gasteiger partial charge in [-0.2, -0.15) is 0 Å². The van der Waals surface area contributed by atoms with Crippen LogP contribution in [-0.2, 0) is 13.1 Å². The second kappa shape index (κ2) is 19.4. The van der Waals surface area contributed by atoms with Crippen LogP contribution < -0.4 is 21.5 Å². The fraction of sp³-hybridized carbons (Fsp3) is 0.690. The lowest BCUT2D eigenvalue weighted by molar-refractivity contribution is -0.694. The van der Waals surface area contributed by atoms with Crippen molar-refractivity contribution in [1.82, 2.24) is 4.57 Å². The van der Waals surface area contributed by atoms with Crippen LogP contribution in [0.15, 0.2) is 42.7 Å². The number of imidazole rings is 1. The van der Waals surface area contributed by atoms with E-state index >= 15 is 0 Å². The minimum absolute atomic E-state index is 0. The molecule has 0 radical (unpaired) electrons. The van der Waals surface area contributed by atoms with E-state index in [1.807, 2.05) is 0 Å². The maximum Gasteiger partial charge on any atom is 0.253 e. The van der Waals surface area contributed by atoms with Gasteiger partial charge in [-0.15, -0.1) is 0 Å². The first kappa shape index (κ1) is 28.9. The highest BCUT2D eigenvalue weighted by atomic mass is 79.9. The van der Waals surface area contributed by atoms with Crippen LogP contribution in [-0.4, -0.2) is 4.57 Å². The highest BCUT2D eigenvalue weighted by molar-refractivity contribution is 5.13. The Morgan fingerprint density at radius 1 is 0.656 bits per heavy atom. The number of hydrogen-bond donors (Lipinski definition) is 0. The molecule has 0 bridgehead atoms. The second-order valence-electron chi connectivity index (χ2n) is 9.46. The molecule has 0 atom stereocenters. The molecule has 182 valence electrons. The van der Waals surface area contributed by atoms with E-state index in [0.29, 0.717) is 0 Å². The van der Waals surface area contributed by atoms with E-state index in [2.05, 4.69) is 65.7 Å². The number of aryl methyl sites for hydroxylation is 1. The number of aromatic nitrogens is 2. The molecule has 0 unspecified atom stereocenters. The first-order valence-electron chi connectivity index (χ1n) is 13.4. The number of nitrogens with zero attached hydrogens (tertiary/aromatic N) is 2. The largest absolute Gasteiger partial charge is 1.00 e. The molecule has 0 saturated heterocycles. The molecule has 1 heterocycles. The minimum atomic E-state index is 0. The molecule has 3 heteroatoms. The van der Waals surface area contributed by atoms with Crippen molar-refractivity contribution in [2.24, 2.45) is 0 Å². The average Bonchev–Trinajstić information content (AvgIpc) is 3.13. The van der Waals surface area contributed by atoms with E-state index in [1.165, 1.54) is 114 Å². The predicted octanol–water partition coefficient (Wildman–Crippen LogP) is 5.40. The maximum atomic E-state index is 2.42. The SMILES string of the molecule is CCCCCCCCCCCCCCCCCCn1cc[n+](Cc2ccccc2)c1C.[Br-]. The number of rotatable bonds is 19. The smallest absolute Gasteiger partial charge is 0.253 e. The quantitative estimate of drug-likeness (QED) is 0.179. The number of halogens is 1. The van der Waals surface area contributed by atoms with Gasteiger partial charge < -0.3 is 17.0 Å². The molecule has 0 spiro atoms. The summed E-state index contributed by atoms with van der Waals surface area (Å²) in [5, 5.41) is 0. The first-order chi connectivity index (χ1) is 15.3. The summed E-state index contributed by atoms with van der Waals surface area (Å²) >= 11 is 0. The van der Waals surface area contributed by atoms with E-state index in [1.54, 1.807) is 0 Å². The van der Waals surface area contributed by atoms with E-state index in [4.69, 9.17) is 0 Å². The van der Waals surface area contributed by atoms with E-state index in [0.717, 1.165) is 13.1 Å². The van der Waals surface area contributed by atoms with Crippen molar-refractivity contribution >= 4 is 0 Å². The van der Waals surface area contributed by atoms with Gasteiger partial charge in [0.15, 0.2) is 0 Å². The Bertz CT molecular complexity index is 665. The Morgan fingerprint density at radius 3 is 1.62 bits per heavy atom. The van der Waals surface area contributed by atoms with Crippen molar-refractivity contribution in [2.75, 3.05) is 0 Å². The maximum absolute atomic E-state index is 2.42. The van der Waals surface area contributed by atoms with Crippen LogP contribution in [0.5, 0.6) is 0 Å². The molecule has 0 aliphatic carbocycles. The first-order valence-corrected chi connectivity index (χ1v) is 13.4. The highest BCUT2D eigenvalue weighted by Crippen LogP contribution is 2.14. The van der Waals surface area contributed by atoms with Gasteiger partial charge in [-0.3, -0.25) is 0 Å². The normalized spacial score (nSPS) is 10.9. The summed E-state index contributed by atoms with van der Waals surface area (Å²) in [5.74, 6) is 1.37. The summed E-state index contributed by atoms with van der Waals surface area (Å²) in [4.78, 5) is 0. The second-order valence-corrected chi connectivity index (χ2v) is 9.46. The van der Waals surface area contributed by atoms with Gasteiger partial charge >= 0.3 is 0 Å². The zero-order valence-electron chi connectivity index (χ0n) is 21.0. The van der Waals surface area contributed by atoms with Crippen molar-refractivity contribution < 1.29 is 21.5 Å².